The topological polar surface area (TPSA) is 64.3 Å². The number of carbonyl (C=O) groups excluding carboxylic acids is 1. The van der Waals surface area contributed by atoms with Crippen molar-refractivity contribution in [2.45, 2.75) is 32.5 Å². The lowest BCUT2D eigenvalue weighted by Gasteiger charge is -2.26. The van der Waals surface area contributed by atoms with Crippen LogP contribution in [0.2, 0.25) is 0 Å². The van der Waals surface area contributed by atoms with Crippen molar-refractivity contribution in [3.63, 3.8) is 0 Å². The molecule has 20 heavy (non-hydrogen) atoms. The van der Waals surface area contributed by atoms with Crippen LogP contribution in [0.3, 0.4) is 0 Å². The van der Waals surface area contributed by atoms with E-state index < -0.39 is 17.6 Å². The maximum atomic E-state index is 12.7. The summed E-state index contributed by atoms with van der Waals surface area (Å²) in [5.41, 5.74) is 3.70. The Kier molecular flexibility index (Phi) is 4.33. The van der Waals surface area contributed by atoms with Gasteiger partial charge in [0, 0.05) is 11.3 Å². The summed E-state index contributed by atoms with van der Waals surface area (Å²) >= 11 is 0. The first-order valence-corrected chi connectivity index (χ1v) is 5.83. The number of hydrogen-bond acceptors (Lipinski definition) is 3. The van der Waals surface area contributed by atoms with Gasteiger partial charge in [-0.2, -0.15) is 13.2 Å². The van der Waals surface area contributed by atoms with Gasteiger partial charge in [-0.05, 0) is 32.4 Å². The molecule has 4 nitrogen and oxygen atoms in total. The number of amides is 1. The summed E-state index contributed by atoms with van der Waals surface area (Å²) < 4.78 is 43.2. The van der Waals surface area contributed by atoms with Crippen LogP contribution in [0.1, 0.15) is 18.1 Å². The third-order valence-electron chi connectivity index (χ3n) is 3.12. The molecule has 1 rings (SSSR count). The second kappa shape index (κ2) is 5.32. The van der Waals surface area contributed by atoms with Crippen LogP contribution in [0.15, 0.2) is 12.1 Å². The highest BCUT2D eigenvalue weighted by Gasteiger charge is 2.54. The van der Waals surface area contributed by atoms with E-state index in [4.69, 9.17) is 10.5 Å². The van der Waals surface area contributed by atoms with Crippen LogP contribution in [-0.4, -0.2) is 24.7 Å². The van der Waals surface area contributed by atoms with Gasteiger partial charge in [0.2, 0.25) is 0 Å². The summed E-state index contributed by atoms with van der Waals surface area (Å²) in [6.45, 7) is 4.06. The quantitative estimate of drug-likeness (QED) is 0.899. The minimum Gasteiger partial charge on any atom is -0.496 e. The van der Waals surface area contributed by atoms with Crippen molar-refractivity contribution in [2.75, 3.05) is 12.4 Å². The monoisotopic (exact) mass is 290 g/mol. The highest BCUT2D eigenvalue weighted by molar-refractivity contribution is 5.99. The van der Waals surface area contributed by atoms with Crippen LogP contribution in [0.4, 0.5) is 18.9 Å². The highest BCUT2D eigenvalue weighted by Crippen LogP contribution is 2.32. The van der Waals surface area contributed by atoms with Crippen molar-refractivity contribution >= 4 is 11.6 Å². The van der Waals surface area contributed by atoms with Crippen LogP contribution >= 0.6 is 0 Å². The van der Waals surface area contributed by atoms with Gasteiger partial charge < -0.3 is 15.8 Å². The normalized spacial score (nSPS) is 14.6. The van der Waals surface area contributed by atoms with Crippen molar-refractivity contribution < 1.29 is 22.7 Å². The van der Waals surface area contributed by atoms with E-state index in [0.717, 1.165) is 5.56 Å². The molecule has 1 amide bonds. The van der Waals surface area contributed by atoms with E-state index >= 15 is 0 Å². The van der Waals surface area contributed by atoms with Gasteiger partial charge in [-0.15, -0.1) is 0 Å². The summed E-state index contributed by atoms with van der Waals surface area (Å²) in [5, 5.41) is 2.20. The maximum absolute atomic E-state index is 12.7. The lowest BCUT2D eigenvalue weighted by molar-refractivity contribution is -0.184. The van der Waals surface area contributed by atoms with Gasteiger partial charge in [0.15, 0.2) is 5.54 Å². The van der Waals surface area contributed by atoms with Gasteiger partial charge in [-0.25, -0.2) is 0 Å². The number of ether oxygens (including phenoxy) is 1. The molecule has 112 valence electrons. The fraction of sp³-hybridized carbons (Fsp3) is 0.462. The largest absolute Gasteiger partial charge is 0.496 e. The van der Waals surface area contributed by atoms with Gasteiger partial charge in [0.25, 0.3) is 5.91 Å². The van der Waals surface area contributed by atoms with Gasteiger partial charge >= 0.3 is 6.18 Å². The maximum Gasteiger partial charge on any atom is 0.415 e. The standard InChI is InChI=1S/C13H17F3N2O2/c1-7-5-6-9(8(2)10(7)20-4)18-11(19)12(3,17)13(14,15)16/h5-6H,17H2,1-4H3,(H,18,19). The number of anilines is 1. The molecule has 0 radical (unpaired) electrons. The van der Waals surface area contributed by atoms with Crippen LogP contribution in [-0.2, 0) is 4.79 Å². The Morgan fingerprint density at radius 2 is 1.85 bits per heavy atom. The molecule has 0 bridgehead atoms. The van der Waals surface area contributed by atoms with E-state index in [1.54, 1.807) is 19.9 Å². The van der Waals surface area contributed by atoms with Gasteiger partial charge in [0.05, 0.1) is 7.11 Å². The zero-order chi connectivity index (χ0) is 15.7. The predicted molar refractivity (Wildman–Crippen MR) is 69.7 cm³/mol. The second-order valence-electron chi connectivity index (χ2n) is 4.74. The number of nitrogens with one attached hydrogen (secondary N) is 1. The van der Waals surface area contributed by atoms with Gasteiger partial charge in [-0.3, -0.25) is 4.79 Å². The van der Waals surface area contributed by atoms with Crippen molar-refractivity contribution in [1.29, 1.82) is 0 Å². The summed E-state index contributed by atoms with van der Waals surface area (Å²) in [6.07, 6.45) is -4.83. The van der Waals surface area contributed by atoms with E-state index in [1.807, 2.05) is 0 Å². The van der Waals surface area contributed by atoms with Crippen LogP contribution in [0.5, 0.6) is 5.75 Å². The fourth-order valence-corrected chi connectivity index (χ4v) is 1.66. The molecule has 1 unspecified atom stereocenters. The number of aryl methyl sites for hydroxylation is 1. The average molecular weight is 290 g/mol. The van der Waals surface area contributed by atoms with Crippen molar-refractivity contribution in [3.8, 4) is 5.75 Å². The lowest BCUT2D eigenvalue weighted by Crippen LogP contribution is -2.59. The van der Waals surface area contributed by atoms with Gasteiger partial charge in [0.1, 0.15) is 5.75 Å². The molecule has 0 spiro atoms. The molecule has 3 N–H and O–H groups in total. The molecule has 0 aliphatic heterocycles. The Balaban J connectivity index is 3.10. The third-order valence-corrected chi connectivity index (χ3v) is 3.12. The number of rotatable bonds is 3. The molecule has 0 aliphatic carbocycles. The Labute approximate surface area is 115 Å². The Bertz CT molecular complexity index is 525. The number of methoxy groups -OCH3 is 1. The first kappa shape index (κ1) is 16.3. The lowest BCUT2D eigenvalue weighted by atomic mass is 10.0. The van der Waals surface area contributed by atoms with Crippen LogP contribution in [0.25, 0.3) is 0 Å². The minimum atomic E-state index is -4.83. The Morgan fingerprint density at radius 3 is 2.30 bits per heavy atom. The number of alkyl halides is 3. The molecule has 1 aromatic rings. The first-order chi connectivity index (χ1) is 9.02. The Hall–Kier alpha value is -1.76. The highest BCUT2D eigenvalue weighted by atomic mass is 19.4. The van der Waals surface area contributed by atoms with E-state index in [-0.39, 0.29) is 5.69 Å². The number of halogens is 3. The second-order valence-corrected chi connectivity index (χ2v) is 4.74. The van der Waals surface area contributed by atoms with Crippen molar-refractivity contribution in [3.05, 3.63) is 23.3 Å². The van der Waals surface area contributed by atoms with Crippen LogP contribution < -0.4 is 15.8 Å². The zero-order valence-corrected chi connectivity index (χ0v) is 11.7. The number of carbonyl (C=O) groups is 1. The molecule has 7 heteroatoms. The van der Waals surface area contributed by atoms with Crippen molar-refractivity contribution in [1.82, 2.24) is 0 Å². The zero-order valence-electron chi connectivity index (χ0n) is 11.7. The van der Waals surface area contributed by atoms with Crippen LogP contribution in [0, 0.1) is 13.8 Å². The van der Waals surface area contributed by atoms with Gasteiger partial charge in [-0.1, -0.05) is 6.07 Å². The number of hydrogen-bond donors (Lipinski definition) is 2. The Morgan fingerprint density at radius 1 is 1.30 bits per heavy atom. The van der Waals surface area contributed by atoms with E-state index in [0.29, 0.717) is 18.2 Å². The molecule has 0 saturated heterocycles. The van der Waals surface area contributed by atoms with E-state index in [2.05, 4.69) is 5.32 Å². The van der Waals surface area contributed by atoms with E-state index in [1.165, 1.54) is 13.2 Å². The summed E-state index contributed by atoms with van der Waals surface area (Å²) in [4.78, 5) is 11.7. The molecular weight excluding hydrogens is 273 g/mol. The van der Waals surface area contributed by atoms with E-state index in [9.17, 15) is 18.0 Å². The average Bonchev–Trinajstić information content (AvgIpc) is 2.31. The molecule has 1 atom stereocenters. The third kappa shape index (κ3) is 2.87. The minimum absolute atomic E-state index is 0.235. The first-order valence-electron chi connectivity index (χ1n) is 5.83. The van der Waals surface area contributed by atoms with Crippen molar-refractivity contribution in [2.24, 2.45) is 5.73 Å². The summed E-state index contributed by atoms with van der Waals surface area (Å²) in [5.74, 6) is -0.812. The summed E-state index contributed by atoms with van der Waals surface area (Å²) in [6, 6.07) is 3.15. The SMILES string of the molecule is COc1c(C)ccc(NC(=O)C(C)(N)C(F)(F)F)c1C. The number of nitrogens with two attached hydrogens (primary N) is 1. The molecule has 0 saturated carbocycles. The smallest absolute Gasteiger partial charge is 0.415 e. The molecule has 0 heterocycles. The predicted octanol–water partition coefficient (Wildman–Crippen LogP) is 2.53. The molecular formula is C13H17F3N2O2. The molecule has 0 fully saturated rings. The number of benzene rings is 1. The summed E-state index contributed by atoms with van der Waals surface area (Å²) in [7, 11) is 1.45. The fourth-order valence-electron chi connectivity index (χ4n) is 1.66. The molecule has 0 aliphatic rings. The molecule has 0 aromatic heterocycles. The molecule has 1 aromatic carbocycles.